The second kappa shape index (κ2) is 7.15. The van der Waals surface area contributed by atoms with Crippen LogP contribution >= 0.6 is 11.3 Å². The van der Waals surface area contributed by atoms with Crippen LogP contribution in [0.2, 0.25) is 0 Å². The van der Waals surface area contributed by atoms with Gasteiger partial charge in [-0.15, -0.1) is 11.3 Å². The highest BCUT2D eigenvalue weighted by molar-refractivity contribution is 7.09. The molecule has 0 saturated carbocycles. The Labute approximate surface area is 139 Å². The Bertz CT molecular complexity index is 769. The number of hydrogen-bond acceptors (Lipinski definition) is 5. The van der Waals surface area contributed by atoms with Gasteiger partial charge in [-0.05, 0) is 24.3 Å². The van der Waals surface area contributed by atoms with Crippen LogP contribution in [-0.2, 0) is 6.42 Å². The van der Waals surface area contributed by atoms with Gasteiger partial charge in [0.15, 0.2) is 0 Å². The third-order valence-corrected chi connectivity index (χ3v) is 4.29. The van der Waals surface area contributed by atoms with Gasteiger partial charge in [-0.3, -0.25) is 0 Å². The fraction of sp³-hybridized carbons (Fsp3) is 0.167. The molecule has 0 aliphatic carbocycles. The average Bonchev–Trinajstić information content (AvgIpc) is 3.04. The summed E-state index contributed by atoms with van der Waals surface area (Å²) >= 11 is 1.64. The highest BCUT2D eigenvalue weighted by atomic mass is 32.1. The van der Waals surface area contributed by atoms with Crippen molar-refractivity contribution < 1.29 is 9.47 Å². The number of aromatic nitrogens is 1. The maximum Gasteiger partial charge on any atom is 0.123 e. The van der Waals surface area contributed by atoms with Crippen LogP contribution in [0.3, 0.4) is 0 Å². The molecule has 118 valence electrons. The molecule has 1 heterocycles. The topological polar surface area (TPSA) is 57.4 Å². The van der Waals surface area contributed by atoms with Crippen LogP contribution in [0.15, 0.2) is 53.9 Å². The largest absolute Gasteiger partial charge is 0.497 e. The zero-order valence-corrected chi connectivity index (χ0v) is 13.7. The molecule has 0 fully saturated rings. The Hall–Kier alpha value is -2.53. The number of nitrogen functional groups attached to an aromatic ring is 1. The minimum Gasteiger partial charge on any atom is -0.497 e. The normalized spacial score (nSPS) is 10.5. The maximum absolute atomic E-state index is 5.75. The van der Waals surface area contributed by atoms with Crippen LogP contribution in [0, 0.1) is 0 Å². The summed E-state index contributed by atoms with van der Waals surface area (Å²) in [7, 11) is 1.65. The fourth-order valence-electron chi connectivity index (χ4n) is 2.16. The monoisotopic (exact) mass is 326 g/mol. The van der Waals surface area contributed by atoms with Crippen molar-refractivity contribution in [3.05, 3.63) is 58.9 Å². The van der Waals surface area contributed by atoms with Gasteiger partial charge >= 0.3 is 0 Å². The van der Waals surface area contributed by atoms with Crippen molar-refractivity contribution in [2.45, 2.75) is 6.42 Å². The minimum atomic E-state index is 0.585. The molecule has 2 N–H and O–H groups in total. The van der Waals surface area contributed by atoms with E-state index in [1.165, 1.54) is 0 Å². The van der Waals surface area contributed by atoms with Gasteiger partial charge in [0.1, 0.15) is 11.5 Å². The number of rotatable bonds is 6. The molecule has 0 aliphatic heterocycles. The first-order valence-electron chi connectivity index (χ1n) is 7.32. The van der Waals surface area contributed by atoms with Crippen LogP contribution < -0.4 is 15.2 Å². The number of thiazole rings is 1. The van der Waals surface area contributed by atoms with E-state index < -0.39 is 0 Å². The summed E-state index contributed by atoms with van der Waals surface area (Å²) in [5.41, 5.74) is 8.53. The Morgan fingerprint density at radius 3 is 2.65 bits per heavy atom. The van der Waals surface area contributed by atoms with Gasteiger partial charge < -0.3 is 15.2 Å². The quantitative estimate of drug-likeness (QED) is 0.695. The number of anilines is 1. The zero-order chi connectivity index (χ0) is 16.1. The highest BCUT2D eigenvalue weighted by Crippen LogP contribution is 2.23. The SMILES string of the molecule is COc1cccc(OCCc2nc(-c3ccc(N)cc3)cs2)c1. The van der Waals surface area contributed by atoms with E-state index in [2.05, 4.69) is 10.4 Å². The Kier molecular flexibility index (Phi) is 4.78. The van der Waals surface area contributed by atoms with E-state index in [9.17, 15) is 0 Å². The van der Waals surface area contributed by atoms with Crippen molar-refractivity contribution in [2.75, 3.05) is 19.5 Å². The number of methoxy groups -OCH3 is 1. The minimum absolute atomic E-state index is 0.585. The lowest BCUT2D eigenvalue weighted by Gasteiger charge is -2.06. The first kappa shape index (κ1) is 15.4. The summed E-state index contributed by atoms with van der Waals surface area (Å²) in [6.07, 6.45) is 0.775. The lowest BCUT2D eigenvalue weighted by molar-refractivity contribution is 0.319. The van der Waals surface area contributed by atoms with Crippen LogP contribution in [-0.4, -0.2) is 18.7 Å². The van der Waals surface area contributed by atoms with Crippen molar-refractivity contribution in [1.29, 1.82) is 0 Å². The van der Waals surface area contributed by atoms with Crippen molar-refractivity contribution in [2.24, 2.45) is 0 Å². The van der Waals surface area contributed by atoms with Gasteiger partial charge in [-0.25, -0.2) is 4.98 Å². The molecule has 0 amide bonds. The van der Waals surface area contributed by atoms with Crippen molar-refractivity contribution in [3.8, 4) is 22.8 Å². The van der Waals surface area contributed by atoms with E-state index in [0.717, 1.165) is 39.9 Å². The molecule has 0 saturated heterocycles. The van der Waals surface area contributed by atoms with Gasteiger partial charge in [0.2, 0.25) is 0 Å². The van der Waals surface area contributed by atoms with E-state index in [-0.39, 0.29) is 0 Å². The van der Waals surface area contributed by atoms with Crippen molar-refractivity contribution in [3.63, 3.8) is 0 Å². The molecular formula is C18H18N2O2S. The summed E-state index contributed by atoms with van der Waals surface area (Å²) in [5.74, 6) is 1.60. The predicted octanol–water partition coefficient (Wildman–Crippen LogP) is 4.02. The van der Waals surface area contributed by atoms with E-state index in [4.69, 9.17) is 15.2 Å². The number of nitrogens with zero attached hydrogens (tertiary/aromatic N) is 1. The maximum atomic E-state index is 5.75. The van der Waals surface area contributed by atoms with Crippen LogP contribution in [0.5, 0.6) is 11.5 Å². The number of benzene rings is 2. The van der Waals surface area contributed by atoms with Crippen molar-refractivity contribution in [1.82, 2.24) is 4.98 Å². The second-order valence-corrected chi connectivity index (χ2v) is 5.97. The van der Waals surface area contributed by atoms with Gasteiger partial charge in [0.05, 0.1) is 24.4 Å². The Balaban J connectivity index is 1.58. The smallest absolute Gasteiger partial charge is 0.123 e. The first-order chi connectivity index (χ1) is 11.2. The molecule has 0 radical (unpaired) electrons. The molecule has 2 aromatic carbocycles. The first-order valence-corrected chi connectivity index (χ1v) is 8.20. The van der Waals surface area contributed by atoms with E-state index in [1.54, 1.807) is 18.4 Å². The summed E-state index contributed by atoms with van der Waals surface area (Å²) in [5, 5.41) is 3.12. The second-order valence-electron chi connectivity index (χ2n) is 5.03. The van der Waals surface area contributed by atoms with E-state index in [1.807, 2.05) is 48.5 Å². The van der Waals surface area contributed by atoms with E-state index >= 15 is 0 Å². The fourth-order valence-corrected chi connectivity index (χ4v) is 2.95. The molecular weight excluding hydrogens is 308 g/mol. The van der Waals surface area contributed by atoms with Gasteiger partial charge in [0.25, 0.3) is 0 Å². The lowest BCUT2D eigenvalue weighted by atomic mass is 10.1. The summed E-state index contributed by atoms with van der Waals surface area (Å²) < 4.78 is 10.9. The molecule has 0 spiro atoms. The van der Waals surface area contributed by atoms with Gasteiger partial charge in [-0.1, -0.05) is 18.2 Å². The molecule has 1 aromatic heterocycles. The number of nitrogens with two attached hydrogens (primary N) is 1. The Morgan fingerprint density at radius 2 is 1.87 bits per heavy atom. The molecule has 5 heteroatoms. The summed E-state index contributed by atoms with van der Waals surface area (Å²) in [4.78, 5) is 4.65. The third-order valence-electron chi connectivity index (χ3n) is 3.38. The lowest BCUT2D eigenvalue weighted by Crippen LogP contribution is -2.01. The molecule has 0 aliphatic rings. The number of ether oxygens (including phenoxy) is 2. The van der Waals surface area contributed by atoms with Crippen molar-refractivity contribution >= 4 is 17.0 Å². The van der Waals surface area contributed by atoms with Gasteiger partial charge in [0, 0.05) is 29.1 Å². The molecule has 23 heavy (non-hydrogen) atoms. The van der Waals surface area contributed by atoms with Crippen LogP contribution in [0.4, 0.5) is 5.69 Å². The average molecular weight is 326 g/mol. The van der Waals surface area contributed by atoms with Gasteiger partial charge in [-0.2, -0.15) is 0 Å². The molecule has 0 unspecified atom stereocenters. The van der Waals surface area contributed by atoms with Crippen LogP contribution in [0.25, 0.3) is 11.3 Å². The molecule has 3 aromatic rings. The molecule has 0 atom stereocenters. The summed E-state index contributed by atoms with van der Waals surface area (Å²) in [6.45, 7) is 0.585. The standard InChI is InChI=1S/C18H18N2O2S/c1-21-15-3-2-4-16(11-15)22-10-9-18-20-17(12-23-18)13-5-7-14(19)8-6-13/h2-8,11-12H,9-10,19H2,1H3. The molecule has 3 rings (SSSR count). The highest BCUT2D eigenvalue weighted by Gasteiger charge is 2.05. The zero-order valence-electron chi connectivity index (χ0n) is 12.9. The number of hydrogen-bond donors (Lipinski definition) is 1. The summed E-state index contributed by atoms with van der Waals surface area (Å²) in [6, 6.07) is 15.4. The van der Waals surface area contributed by atoms with E-state index in [0.29, 0.717) is 6.61 Å². The van der Waals surface area contributed by atoms with Crippen LogP contribution in [0.1, 0.15) is 5.01 Å². The Morgan fingerprint density at radius 1 is 1.09 bits per heavy atom. The molecule has 4 nitrogen and oxygen atoms in total. The molecule has 0 bridgehead atoms. The predicted molar refractivity (Wildman–Crippen MR) is 94.2 cm³/mol. The third kappa shape index (κ3) is 4.02.